The van der Waals surface area contributed by atoms with E-state index in [9.17, 15) is 71.4 Å². The Kier molecular flexibility index (Phi) is 4.52. The van der Waals surface area contributed by atoms with Gasteiger partial charge in [0.05, 0.1) is 5.97 Å². The molecule has 0 spiro atoms. The number of halogens is 14. The van der Waals surface area contributed by atoms with Gasteiger partial charge in [-0.1, -0.05) is 0 Å². The lowest BCUT2D eigenvalue weighted by Crippen LogP contribution is -2.83. The number of carboxylic acid groups (broad SMARTS) is 1. The minimum atomic E-state index is -7.95. The monoisotopic (exact) mass is 424 g/mol. The van der Waals surface area contributed by atoms with E-state index in [2.05, 4.69) is 0 Å². The summed E-state index contributed by atoms with van der Waals surface area (Å²) in [6, 6.07) is -22.9. The summed E-state index contributed by atoms with van der Waals surface area (Å²) in [7, 11) is 0. The first-order valence-corrected chi connectivity index (χ1v) is 5.38. The van der Waals surface area contributed by atoms with Gasteiger partial charge in [-0.15, -0.1) is 4.90 Å². The van der Waals surface area contributed by atoms with Gasteiger partial charge in [0.15, 0.2) is 0 Å². The minimum absolute atomic E-state index is 1.67. The van der Waals surface area contributed by atoms with Gasteiger partial charge in [-0.2, -0.15) is 57.1 Å². The molecule has 1 rings (SSSR count). The van der Waals surface area contributed by atoms with Crippen LogP contribution in [0.1, 0.15) is 0 Å². The first kappa shape index (κ1) is 22.5. The normalized spacial score (nSPS) is 27.6. The van der Waals surface area contributed by atoms with Gasteiger partial charge in [0, 0.05) is 0 Å². The van der Waals surface area contributed by atoms with E-state index in [4.69, 9.17) is 0 Å². The molecule has 0 aliphatic carbocycles. The Morgan fingerprint density at radius 1 is 0.769 bits per heavy atom. The highest BCUT2D eigenvalue weighted by molar-refractivity contribution is 5.78. The quantitative estimate of drug-likeness (QED) is 0.516. The molecule has 1 aliphatic heterocycles. The van der Waals surface area contributed by atoms with E-state index >= 15 is 0 Å². The zero-order chi connectivity index (χ0) is 21.4. The lowest BCUT2D eigenvalue weighted by molar-refractivity contribution is -0.593. The van der Waals surface area contributed by atoms with Crippen molar-refractivity contribution in [3.8, 4) is 0 Å². The van der Waals surface area contributed by atoms with Gasteiger partial charge in [0.1, 0.15) is 0 Å². The predicted molar refractivity (Wildman–Crippen MR) is 42.6 cm³/mol. The van der Waals surface area contributed by atoms with Crippen molar-refractivity contribution in [3.05, 3.63) is 0 Å². The Balaban J connectivity index is 3.89. The molecule has 4 nitrogen and oxygen atoms in total. The summed E-state index contributed by atoms with van der Waals surface area (Å²) in [5.41, 5.74) is -7.55. The molecule has 1 fully saturated rings. The molecule has 1 aliphatic rings. The number of nitrogens with zero attached hydrogens (tertiary/aromatic N) is 1. The number of morpholine rings is 1. The Morgan fingerprint density at radius 2 is 1.08 bits per heavy atom. The molecule has 1 heterocycles. The van der Waals surface area contributed by atoms with Crippen LogP contribution in [0.15, 0.2) is 0 Å². The maximum absolute atomic E-state index is 13.5. The molecule has 0 bridgehead atoms. The topological polar surface area (TPSA) is 52.6 Å². The zero-order valence-corrected chi connectivity index (χ0v) is 11.0. The van der Waals surface area contributed by atoms with Gasteiger partial charge in [0.25, 0.3) is 0 Å². The standard InChI is InChI=1S/C8HF14NO3/c9-2(1(24)25,3(10,11)12)4(13,14)23-5(15,16)7(19,20)26-8(21,22)6(23,17)18/h(H,24,25)/p-1. The third kappa shape index (κ3) is 2.48. The number of carboxylic acids is 1. The van der Waals surface area contributed by atoms with Crippen LogP contribution in [0.2, 0.25) is 0 Å². The molecule has 0 aromatic carbocycles. The van der Waals surface area contributed by atoms with Crippen molar-refractivity contribution in [2.45, 2.75) is 42.2 Å². The molecule has 0 radical (unpaired) electrons. The number of rotatable bonds is 3. The molecule has 0 saturated carbocycles. The van der Waals surface area contributed by atoms with Crippen molar-refractivity contribution in [2.75, 3.05) is 0 Å². The second-order valence-corrected chi connectivity index (χ2v) is 4.54. The summed E-state index contributed by atoms with van der Waals surface area (Å²) in [6.07, 6.45) is -21.6. The van der Waals surface area contributed by atoms with Crippen LogP contribution in [-0.4, -0.2) is 53.1 Å². The summed E-state index contributed by atoms with van der Waals surface area (Å²) in [4.78, 5) is 5.88. The number of carbonyl (C=O) groups is 1. The summed E-state index contributed by atoms with van der Waals surface area (Å²) in [5, 5.41) is 10.1. The average molecular weight is 424 g/mol. The van der Waals surface area contributed by atoms with Gasteiger partial charge >= 0.3 is 42.2 Å². The van der Waals surface area contributed by atoms with E-state index in [0.29, 0.717) is 0 Å². The Hall–Kier alpha value is -1.59. The van der Waals surface area contributed by atoms with Crippen molar-refractivity contribution in [3.63, 3.8) is 0 Å². The fourth-order valence-corrected chi connectivity index (χ4v) is 1.64. The average Bonchev–Trinajstić information content (AvgIpc) is 2.31. The number of hydrogen-bond donors (Lipinski definition) is 0. The van der Waals surface area contributed by atoms with Crippen molar-refractivity contribution in [1.82, 2.24) is 4.90 Å². The Labute approximate surface area is 130 Å². The second kappa shape index (κ2) is 5.23. The van der Waals surface area contributed by atoms with E-state index in [-0.39, 0.29) is 0 Å². The summed E-state index contributed by atoms with van der Waals surface area (Å²) in [6.45, 7) is 0. The molecular formula is C8F14NO3-. The maximum Gasteiger partial charge on any atom is 0.439 e. The van der Waals surface area contributed by atoms with Crippen molar-refractivity contribution < 1.29 is 76.1 Å². The van der Waals surface area contributed by atoms with E-state index in [1.165, 1.54) is 0 Å². The van der Waals surface area contributed by atoms with E-state index < -0.39 is 53.1 Å². The fourth-order valence-electron chi connectivity index (χ4n) is 1.64. The number of hydrogen-bond acceptors (Lipinski definition) is 4. The van der Waals surface area contributed by atoms with Crippen LogP contribution < -0.4 is 5.11 Å². The van der Waals surface area contributed by atoms with Gasteiger partial charge in [0.2, 0.25) is 0 Å². The largest absolute Gasteiger partial charge is 0.546 e. The van der Waals surface area contributed by atoms with Crippen molar-refractivity contribution in [1.29, 1.82) is 0 Å². The molecule has 1 saturated heterocycles. The van der Waals surface area contributed by atoms with Crippen LogP contribution in [0.25, 0.3) is 0 Å². The molecule has 0 N–H and O–H groups in total. The molecular weight excluding hydrogens is 424 g/mol. The minimum Gasteiger partial charge on any atom is -0.546 e. The summed E-state index contributed by atoms with van der Waals surface area (Å²) in [5.74, 6) is -4.71. The third-order valence-electron chi connectivity index (χ3n) is 2.89. The van der Waals surface area contributed by atoms with E-state index in [1.54, 1.807) is 4.74 Å². The summed E-state index contributed by atoms with van der Waals surface area (Å²) < 4.78 is 183. The van der Waals surface area contributed by atoms with Crippen molar-refractivity contribution >= 4 is 5.97 Å². The number of carbonyl (C=O) groups excluding carboxylic acids is 1. The van der Waals surface area contributed by atoms with Gasteiger partial charge in [-0.3, -0.25) is 0 Å². The van der Waals surface area contributed by atoms with Gasteiger partial charge in [-0.05, 0) is 0 Å². The number of ether oxygens (including phenoxy) is 1. The molecule has 0 aromatic heterocycles. The van der Waals surface area contributed by atoms with Crippen LogP contribution in [0.3, 0.4) is 0 Å². The van der Waals surface area contributed by atoms with E-state index in [1.807, 2.05) is 0 Å². The van der Waals surface area contributed by atoms with Crippen LogP contribution >= 0.6 is 0 Å². The van der Waals surface area contributed by atoms with Crippen LogP contribution in [0.5, 0.6) is 0 Å². The Bertz CT molecular complexity index is 573. The third-order valence-corrected chi connectivity index (χ3v) is 2.89. The molecule has 26 heavy (non-hydrogen) atoms. The molecule has 1 atom stereocenters. The molecule has 1 unspecified atom stereocenters. The van der Waals surface area contributed by atoms with E-state index in [0.717, 1.165) is 0 Å². The fraction of sp³-hybridized carbons (Fsp3) is 0.875. The van der Waals surface area contributed by atoms with Crippen LogP contribution in [0, 0.1) is 0 Å². The highest BCUT2D eigenvalue weighted by Gasteiger charge is 2.91. The summed E-state index contributed by atoms with van der Waals surface area (Å²) >= 11 is 0. The van der Waals surface area contributed by atoms with Gasteiger partial charge in [-0.25, -0.2) is 9.13 Å². The molecule has 0 aromatic rings. The molecule has 154 valence electrons. The molecule has 0 amide bonds. The lowest BCUT2D eigenvalue weighted by atomic mass is 10.00. The SMILES string of the molecule is O=C([O-])C(F)(C(F)(F)F)C(F)(F)N1C(F)(F)C(F)(F)OC(F)(F)C1(F)F. The lowest BCUT2D eigenvalue weighted by Gasteiger charge is -2.51. The van der Waals surface area contributed by atoms with Gasteiger partial charge < -0.3 is 9.90 Å². The highest BCUT2D eigenvalue weighted by atomic mass is 19.4. The first-order chi connectivity index (χ1) is 11.0. The first-order valence-electron chi connectivity index (χ1n) is 5.38. The van der Waals surface area contributed by atoms with Crippen LogP contribution in [-0.2, 0) is 9.53 Å². The number of aliphatic carboxylic acids is 1. The smallest absolute Gasteiger partial charge is 0.439 e. The predicted octanol–water partition coefficient (Wildman–Crippen LogP) is 2.30. The maximum atomic E-state index is 13.5. The second-order valence-electron chi connectivity index (χ2n) is 4.54. The Morgan fingerprint density at radius 3 is 1.31 bits per heavy atom. The van der Waals surface area contributed by atoms with Crippen molar-refractivity contribution in [2.24, 2.45) is 0 Å². The zero-order valence-electron chi connectivity index (χ0n) is 11.0. The van der Waals surface area contributed by atoms with Crippen LogP contribution in [0.4, 0.5) is 61.5 Å². The highest BCUT2D eigenvalue weighted by Crippen LogP contribution is 2.62. The molecule has 18 heteroatoms. The number of alkyl halides is 14.